The van der Waals surface area contributed by atoms with Gasteiger partial charge in [-0.25, -0.2) is 4.39 Å². The quantitative estimate of drug-likeness (QED) is 0.838. The maximum Gasteiger partial charge on any atom is 0.123 e. The predicted octanol–water partition coefficient (Wildman–Crippen LogP) is 2.01. The number of nitrogens with zero attached hydrogens (tertiary/aromatic N) is 1. The lowest BCUT2D eigenvalue weighted by Crippen LogP contribution is -2.32. The molecule has 1 aliphatic heterocycles. The van der Waals surface area contributed by atoms with Crippen LogP contribution in [-0.2, 0) is 6.54 Å². The van der Waals surface area contributed by atoms with Crippen LogP contribution in [0, 0.1) is 5.82 Å². The van der Waals surface area contributed by atoms with Crippen molar-refractivity contribution in [3.8, 4) is 0 Å². The van der Waals surface area contributed by atoms with Crippen molar-refractivity contribution in [3.63, 3.8) is 0 Å². The summed E-state index contributed by atoms with van der Waals surface area (Å²) in [5, 5.41) is 3.46. The van der Waals surface area contributed by atoms with Crippen LogP contribution in [0.5, 0.6) is 0 Å². The van der Waals surface area contributed by atoms with Crippen molar-refractivity contribution in [2.75, 3.05) is 19.6 Å². The molecule has 0 spiro atoms. The van der Waals surface area contributed by atoms with E-state index in [9.17, 15) is 4.39 Å². The third-order valence-electron chi connectivity index (χ3n) is 3.06. The topological polar surface area (TPSA) is 15.3 Å². The summed E-state index contributed by atoms with van der Waals surface area (Å²) < 4.78 is 13.0. The first-order valence-corrected chi connectivity index (χ1v) is 5.98. The van der Waals surface area contributed by atoms with Gasteiger partial charge in [0.05, 0.1) is 0 Å². The van der Waals surface area contributed by atoms with Gasteiger partial charge in [-0.05, 0) is 30.7 Å². The highest BCUT2D eigenvalue weighted by Crippen LogP contribution is 2.14. The van der Waals surface area contributed by atoms with Crippen LogP contribution >= 0.6 is 0 Å². The Morgan fingerprint density at radius 2 is 2.38 bits per heavy atom. The summed E-state index contributed by atoms with van der Waals surface area (Å²) in [5.41, 5.74) is 1.07. The Balaban J connectivity index is 1.87. The number of likely N-dealkylation sites (tertiary alicyclic amines) is 1. The van der Waals surface area contributed by atoms with Crippen molar-refractivity contribution >= 4 is 0 Å². The van der Waals surface area contributed by atoms with Gasteiger partial charge in [0.15, 0.2) is 0 Å². The van der Waals surface area contributed by atoms with E-state index in [1.807, 2.05) is 6.07 Å². The van der Waals surface area contributed by atoms with Crippen molar-refractivity contribution in [3.05, 3.63) is 35.6 Å². The first-order valence-electron chi connectivity index (χ1n) is 5.98. The Hall–Kier alpha value is -0.930. The minimum atomic E-state index is -0.139. The molecule has 0 amide bonds. The van der Waals surface area contributed by atoms with Gasteiger partial charge in [0.1, 0.15) is 5.82 Å². The van der Waals surface area contributed by atoms with Crippen LogP contribution < -0.4 is 5.32 Å². The largest absolute Gasteiger partial charge is 0.313 e. The zero-order chi connectivity index (χ0) is 11.4. The molecule has 3 heteroatoms. The van der Waals surface area contributed by atoms with Crippen LogP contribution in [0.15, 0.2) is 24.3 Å². The van der Waals surface area contributed by atoms with Gasteiger partial charge in [-0.1, -0.05) is 19.1 Å². The minimum Gasteiger partial charge on any atom is -0.313 e. The van der Waals surface area contributed by atoms with Crippen LogP contribution in [-0.4, -0.2) is 30.6 Å². The molecule has 1 saturated heterocycles. The molecule has 2 nitrogen and oxygen atoms in total. The Morgan fingerprint density at radius 1 is 1.50 bits per heavy atom. The highest BCUT2D eigenvalue weighted by Gasteiger charge is 2.21. The van der Waals surface area contributed by atoms with E-state index in [1.165, 1.54) is 12.5 Å². The second-order valence-electron chi connectivity index (χ2n) is 4.41. The van der Waals surface area contributed by atoms with Crippen LogP contribution in [0.2, 0.25) is 0 Å². The molecule has 1 heterocycles. The molecule has 1 aliphatic rings. The lowest BCUT2D eigenvalue weighted by molar-refractivity contribution is 0.320. The molecule has 1 fully saturated rings. The molecular weight excluding hydrogens is 203 g/mol. The molecule has 16 heavy (non-hydrogen) atoms. The summed E-state index contributed by atoms with van der Waals surface area (Å²) in [6, 6.07) is 7.50. The minimum absolute atomic E-state index is 0.139. The van der Waals surface area contributed by atoms with Crippen LogP contribution in [0.4, 0.5) is 4.39 Å². The third kappa shape index (κ3) is 3.03. The van der Waals surface area contributed by atoms with Crippen molar-refractivity contribution in [1.29, 1.82) is 0 Å². The summed E-state index contributed by atoms with van der Waals surface area (Å²) in [6.45, 7) is 6.20. The predicted molar refractivity (Wildman–Crippen MR) is 63.8 cm³/mol. The molecule has 0 saturated carbocycles. The van der Waals surface area contributed by atoms with Gasteiger partial charge in [-0.15, -0.1) is 0 Å². The maximum atomic E-state index is 13.0. The van der Waals surface area contributed by atoms with Gasteiger partial charge < -0.3 is 5.32 Å². The molecule has 1 aromatic rings. The van der Waals surface area contributed by atoms with Crippen molar-refractivity contribution in [2.45, 2.75) is 25.9 Å². The number of hydrogen-bond donors (Lipinski definition) is 1. The summed E-state index contributed by atoms with van der Waals surface area (Å²) in [5.74, 6) is -0.139. The fraction of sp³-hybridized carbons (Fsp3) is 0.538. The van der Waals surface area contributed by atoms with E-state index in [-0.39, 0.29) is 5.82 Å². The number of halogens is 1. The smallest absolute Gasteiger partial charge is 0.123 e. The van der Waals surface area contributed by atoms with Crippen molar-refractivity contribution in [1.82, 2.24) is 10.2 Å². The fourth-order valence-corrected chi connectivity index (χ4v) is 2.33. The lowest BCUT2D eigenvalue weighted by Gasteiger charge is -2.16. The van der Waals surface area contributed by atoms with E-state index in [1.54, 1.807) is 12.1 Å². The Bertz CT molecular complexity index is 340. The SMILES string of the molecule is CCNC1CCN(Cc2cccc(F)c2)C1. The lowest BCUT2D eigenvalue weighted by atomic mass is 10.2. The molecule has 1 atom stereocenters. The Kier molecular flexibility index (Phi) is 3.91. The second-order valence-corrected chi connectivity index (χ2v) is 4.41. The average Bonchev–Trinajstić information content (AvgIpc) is 2.66. The molecule has 0 aromatic heterocycles. The number of hydrogen-bond acceptors (Lipinski definition) is 2. The van der Waals surface area contributed by atoms with Gasteiger partial charge in [-0.2, -0.15) is 0 Å². The Morgan fingerprint density at radius 3 is 3.12 bits per heavy atom. The van der Waals surface area contributed by atoms with Crippen molar-refractivity contribution < 1.29 is 4.39 Å². The molecule has 1 N–H and O–H groups in total. The number of likely N-dealkylation sites (N-methyl/N-ethyl adjacent to an activating group) is 1. The van der Waals surface area contributed by atoms with E-state index >= 15 is 0 Å². The second kappa shape index (κ2) is 5.41. The van der Waals surface area contributed by atoms with Gasteiger partial charge in [0.2, 0.25) is 0 Å². The van der Waals surface area contributed by atoms with Gasteiger partial charge in [0.25, 0.3) is 0 Å². The van der Waals surface area contributed by atoms with E-state index in [0.29, 0.717) is 6.04 Å². The first-order chi connectivity index (χ1) is 7.78. The van der Waals surface area contributed by atoms with E-state index in [4.69, 9.17) is 0 Å². The monoisotopic (exact) mass is 222 g/mol. The van der Waals surface area contributed by atoms with E-state index < -0.39 is 0 Å². The fourth-order valence-electron chi connectivity index (χ4n) is 2.33. The van der Waals surface area contributed by atoms with E-state index in [0.717, 1.165) is 31.7 Å². The van der Waals surface area contributed by atoms with Gasteiger partial charge in [0, 0.05) is 25.7 Å². The molecule has 1 aromatic carbocycles. The first kappa shape index (κ1) is 11.6. The summed E-state index contributed by atoms with van der Waals surface area (Å²) >= 11 is 0. The van der Waals surface area contributed by atoms with E-state index in [2.05, 4.69) is 17.1 Å². The maximum absolute atomic E-state index is 13.0. The zero-order valence-electron chi connectivity index (χ0n) is 9.75. The molecule has 0 aliphatic carbocycles. The summed E-state index contributed by atoms with van der Waals surface area (Å²) in [6.07, 6.45) is 1.20. The normalized spacial score (nSPS) is 21.5. The van der Waals surface area contributed by atoms with Crippen LogP contribution in [0.3, 0.4) is 0 Å². The molecule has 2 rings (SSSR count). The van der Waals surface area contributed by atoms with Gasteiger partial charge in [-0.3, -0.25) is 4.90 Å². The molecular formula is C13H19FN2. The summed E-state index contributed by atoms with van der Waals surface area (Å²) in [7, 11) is 0. The zero-order valence-corrected chi connectivity index (χ0v) is 9.75. The molecule has 1 unspecified atom stereocenters. The standard InChI is InChI=1S/C13H19FN2/c1-2-15-13-6-7-16(10-13)9-11-4-3-5-12(14)8-11/h3-5,8,13,15H,2,6-7,9-10H2,1H3. The Labute approximate surface area is 96.5 Å². The summed E-state index contributed by atoms with van der Waals surface area (Å²) in [4.78, 5) is 2.38. The van der Waals surface area contributed by atoms with Crippen LogP contribution in [0.1, 0.15) is 18.9 Å². The number of benzene rings is 1. The number of nitrogens with one attached hydrogen (secondary N) is 1. The highest BCUT2D eigenvalue weighted by molar-refractivity contribution is 5.16. The highest BCUT2D eigenvalue weighted by atomic mass is 19.1. The third-order valence-corrected chi connectivity index (χ3v) is 3.06. The number of rotatable bonds is 4. The van der Waals surface area contributed by atoms with Gasteiger partial charge >= 0.3 is 0 Å². The molecule has 0 bridgehead atoms. The molecule has 88 valence electrons. The van der Waals surface area contributed by atoms with Crippen molar-refractivity contribution in [2.24, 2.45) is 0 Å². The van der Waals surface area contributed by atoms with Crippen LogP contribution in [0.25, 0.3) is 0 Å². The average molecular weight is 222 g/mol. The molecule has 0 radical (unpaired) electrons.